The van der Waals surface area contributed by atoms with Gasteiger partial charge in [0, 0.05) is 11.3 Å². The Bertz CT molecular complexity index is 605. The second-order valence-corrected chi connectivity index (χ2v) is 4.28. The minimum atomic E-state index is -0.421. The zero-order valence-corrected chi connectivity index (χ0v) is 13.6. The first kappa shape index (κ1) is 17.4. The summed E-state index contributed by atoms with van der Waals surface area (Å²) >= 11 is 0. The number of benzene rings is 2. The predicted molar refractivity (Wildman–Crippen MR) is 93.1 cm³/mol. The van der Waals surface area contributed by atoms with Crippen LogP contribution in [0.4, 0.5) is 10.1 Å². The smallest absolute Gasteiger partial charge is 0.193 e. The summed E-state index contributed by atoms with van der Waals surface area (Å²) in [7, 11) is 0. The molecule has 0 fully saturated rings. The van der Waals surface area contributed by atoms with Gasteiger partial charge in [0.2, 0.25) is 0 Å². The molecule has 0 aliphatic rings. The molecule has 0 spiro atoms. The van der Waals surface area contributed by atoms with Gasteiger partial charge < -0.3 is 16.2 Å². The Kier molecular flexibility index (Phi) is 7.10. The SMILES string of the molecule is I.NC(=NCc1ccc(F)c(CO)c1)Nc1ccccc1. The molecule has 21 heavy (non-hydrogen) atoms. The lowest BCUT2D eigenvalue weighted by Crippen LogP contribution is -2.22. The molecule has 0 atom stereocenters. The topological polar surface area (TPSA) is 70.6 Å². The highest BCUT2D eigenvalue weighted by molar-refractivity contribution is 14.0. The maximum Gasteiger partial charge on any atom is 0.193 e. The van der Waals surface area contributed by atoms with Gasteiger partial charge >= 0.3 is 0 Å². The summed E-state index contributed by atoms with van der Waals surface area (Å²) in [5.74, 6) is -0.137. The van der Waals surface area contributed by atoms with Crippen molar-refractivity contribution < 1.29 is 9.50 Å². The van der Waals surface area contributed by atoms with Crippen molar-refractivity contribution in [2.24, 2.45) is 10.7 Å². The van der Waals surface area contributed by atoms with E-state index in [1.165, 1.54) is 6.07 Å². The fourth-order valence-corrected chi connectivity index (χ4v) is 1.73. The van der Waals surface area contributed by atoms with Crippen LogP contribution in [0.3, 0.4) is 0 Å². The average molecular weight is 401 g/mol. The Labute approximate surface area is 139 Å². The number of aliphatic imine (C=N–C) groups is 1. The molecule has 0 amide bonds. The second-order valence-electron chi connectivity index (χ2n) is 4.28. The molecule has 0 bridgehead atoms. The van der Waals surface area contributed by atoms with E-state index >= 15 is 0 Å². The first-order valence-corrected chi connectivity index (χ1v) is 6.19. The molecule has 0 saturated carbocycles. The number of rotatable bonds is 4. The predicted octanol–water partition coefficient (Wildman–Crippen LogP) is 2.86. The van der Waals surface area contributed by atoms with Gasteiger partial charge in [0.25, 0.3) is 0 Å². The van der Waals surface area contributed by atoms with E-state index in [2.05, 4.69) is 10.3 Å². The molecule has 2 rings (SSSR count). The van der Waals surface area contributed by atoms with Crippen LogP contribution >= 0.6 is 24.0 Å². The fourth-order valence-electron chi connectivity index (χ4n) is 1.73. The van der Waals surface area contributed by atoms with Gasteiger partial charge in [0.15, 0.2) is 5.96 Å². The average Bonchev–Trinajstić information content (AvgIpc) is 2.47. The van der Waals surface area contributed by atoms with Crippen LogP contribution in [0.1, 0.15) is 11.1 Å². The van der Waals surface area contributed by atoms with Gasteiger partial charge in [0.05, 0.1) is 13.2 Å². The normalized spacial score (nSPS) is 10.9. The van der Waals surface area contributed by atoms with Crippen molar-refractivity contribution in [2.45, 2.75) is 13.2 Å². The Hall–Kier alpha value is -1.67. The minimum absolute atomic E-state index is 0. The summed E-state index contributed by atoms with van der Waals surface area (Å²) in [6, 6.07) is 14.0. The van der Waals surface area contributed by atoms with Crippen LogP contribution in [0.25, 0.3) is 0 Å². The number of nitrogens with one attached hydrogen (secondary N) is 1. The molecule has 6 heteroatoms. The van der Waals surface area contributed by atoms with E-state index in [0.29, 0.717) is 6.54 Å². The number of guanidine groups is 1. The summed E-state index contributed by atoms with van der Waals surface area (Å²) in [5, 5.41) is 12.0. The van der Waals surface area contributed by atoms with Crippen LogP contribution < -0.4 is 11.1 Å². The third-order valence-corrected chi connectivity index (χ3v) is 2.76. The van der Waals surface area contributed by atoms with Gasteiger partial charge in [-0.3, -0.25) is 0 Å². The highest BCUT2D eigenvalue weighted by Crippen LogP contribution is 2.11. The third-order valence-electron chi connectivity index (χ3n) is 2.76. The van der Waals surface area contributed by atoms with E-state index in [-0.39, 0.29) is 42.1 Å². The molecular weight excluding hydrogens is 384 g/mol. The number of hydrogen-bond acceptors (Lipinski definition) is 2. The van der Waals surface area contributed by atoms with Gasteiger partial charge in [-0.05, 0) is 29.8 Å². The molecule has 4 N–H and O–H groups in total. The Morgan fingerprint density at radius 3 is 2.57 bits per heavy atom. The van der Waals surface area contributed by atoms with Crippen molar-refractivity contribution in [1.82, 2.24) is 0 Å². The van der Waals surface area contributed by atoms with E-state index < -0.39 is 5.82 Å². The first-order chi connectivity index (χ1) is 9.69. The molecule has 0 aromatic heterocycles. The van der Waals surface area contributed by atoms with Crippen LogP contribution in [-0.2, 0) is 13.2 Å². The lowest BCUT2D eigenvalue weighted by molar-refractivity contribution is 0.275. The van der Waals surface area contributed by atoms with Gasteiger partial charge in [0.1, 0.15) is 5.82 Å². The van der Waals surface area contributed by atoms with Crippen molar-refractivity contribution in [3.8, 4) is 0 Å². The highest BCUT2D eigenvalue weighted by atomic mass is 127. The zero-order valence-electron chi connectivity index (χ0n) is 11.3. The molecule has 2 aromatic carbocycles. The van der Waals surface area contributed by atoms with E-state index in [1.54, 1.807) is 12.1 Å². The van der Waals surface area contributed by atoms with E-state index in [4.69, 9.17) is 10.8 Å². The van der Waals surface area contributed by atoms with Gasteiger partial charge in [-0.25, -0.2) is 9.38 Å². The molecule has 0 saturated heterocycles. The Morgan fingerprint density at radius 2 is 1.90 bits per heavy atom. The van der Waals surface area contributed by atoms with Gasteiger partial charge in [-0.2, -0.15) is 0 Å². The number of hydrogen-bond donors (Lipinski definition) is 3. The van der Waals surface area contributed by atoms with Crippen molar-refractivity contribution in [3.63, 3.8) is 0 Å². The third kappa shape index (κ3) is 5.31. The molecule has 112 valence electrons. The molecule has 0 radical (unpaired) electrons. The van der Waals surface area contributed by atoms with Gasteiger partial charge in [-0.1, -0.05) is 24.3 Å². The van der Waals surface area contributed by atoms with Crippen molar-refractivity contribution >= 4 is 35.6 Å². The number of aliphatic hydroxyl groups excluding tert-OH is 1. The van der Waals surface area contributed by atoms with Crippen molar-refractivity contribution in [3.05, 3.63) is 65.5 Å². The number of anilines is 1. The summed E-state index contributed by atoms with van der Waals surface area (Å²) in [6.45, 7) is -0.0138. The Morgan fingerprint density at radius 1 is 1.19 bits per heavy atom. The summed E-state index contributed by atoms with van der Waals surface area (Å²) in [5.41, 5.74) is 7.66. The number of nitrogens with two attached hydrogens (primary N) is 1. The van der Waals surface area contributed by atoms with Crippen LogP contribution in [-0.4, -0.2) is 11.1 Å². The zero-order chi connectivity index (χ0) is 14.4. The quantitative estimate of drug-likeness (QED) is 0.419. The number of aliphatic hydroxyl groups is 1. The maximum atomic E-state index is 13.2. The first-order valence-electron chi connectivity index (χ1n) is 6.19. The van der Waals surface area contributed by atoms with Crippen LogP contribution in [0.2, 0.25) is 0 Å². The Balaban J connectivity index is 0.00000220. The van der Waals surface area contributed by atoms with E-state index in [0.717, 1.165) is 11.3 Å². The second kappa shape index (κ2) is 8.58. The van der Waals surface area contributed by atoms with E-state index in [1.807, 2.05) is 30.3 Å². The molecule has 0 aliphatic heterocycles. The summed E-state index contributed by atoms with van der Waals surface area (Å²) < 4.78 is 13.2. The minimum Gasteiger partial charge on any atom is -0.392 e. The molecular formula is C15H17FIN3O. The maximum absolute atomic E-state index is 13.2. The molecule has 0 aliphatic carbocycles. The van der Waals surface area contributed by atoms with Crippen LogP contribution in [0.5, 0.6) is 0 Å². The summed E-state index contributed by atoms with van der Waals surface area (Å²) in [6.07, 6.45) is 0. The molecule has 0 heterocycles. The fraction of sp³-hybridized carbons (Fsp3) is 0.133. The lowest BCUT2D eigenvalue weighted by atomic mass is 10.1. The monoisotopic (exact) mass is 401 g/mol. The largest absolute Gasteiger partial charge is 0.392 e. The van der Waals surface area contributed by atoms with Crippen molar-refractivity contribution in [1.29, 1.82) is 0 Å². The van der Waals surface area contributed by atoms with E-state index in [9.17, 15) is 4.39 Å². The lowest BCUT2D eigenvalue weighted by Gasteiger charge is -2.06. The van der Waals surface area contributed by atoms with Crippen molar-refractivity contribution in [2.75, 3.05) is 5.32 Å². The molecule has 0 unspecified atom stereocenters. The molecule has 4 nitrogen and oxygen atoms in total. The summed E-state index contributed by atoms with van der Waals surface area (Å²) in [4.78, 5) is 4.17. The highest BCUT2D eigenvalue weighted by Gasteiger charge is 2.02. The number of para-hydroxylation sites is 1. The number of nitrogens with zero attached hydrogens (tertiary/aromatic N) is 1. The number of halogens is 2. The van der Waals surface area contributed by atoms with Crippen LogP contribution in [0, 0.1) is 5.82 Å². The molecule has 2 aromatic rings. The van der Waals surface area contributed by atoms with Gasteiger partial charge in [-0.15, -0.1) is 24.0 Å². The van der Waals surface area contributed by atoms with Crippen LogP contribution in [0.15, 0.2) is 53.5 Å². The standard InChI is InChI=1S/C15H16FN3O.HI/c16-14-7-6-11(8-12(14)10-20)9-18-15(17)19-13-4-2-1-3-5-13;/h1-8,20H,9-10H2,(H3,17,18,19);1H.